The number of rotatable bonds is 2. The average molecular weight is 270 g/mol. The molecule has 0 aliphatic heterocycles. The zero-order valence-corrected chi connectivity index (χ0v) is 14.0. The lowest BCUT2D eigenvalue weighted by atomic mass is 9.98. The summed E-state index contributed by atoms with van der Waals surface area (Å²) in [5.74, 6) is 0. The third kappa shape index (κ3) is 7.13. The van der Waals surface area contributed by atoms with Gasteiger partial charge in [-0.05, 0) is 37.8 Å². The highest BCUT2D eigenvalue weighted by atomic mass is 14.0. The van der Waals surface area contributed by atoms with Crippen molar-refractivity contribution < 1.29 is 0 Å². The van der Waals surface area contributed by atoms with Gasteiger partial charge in [-0.15, -0.1) is 0 Å². The van der Waals surface area contributed by atoms with Crippen LogP contribution in [0.2, 0.25) is 0 Å². The Morgan fingerprint density at radius 2 is 1.35 bits per heavy atom. The second-order valence-corrected chi connectivity index (χ2v) is 4.50. The summed E-state index contributed by atoms with van der Waals surface area (Å²) in [6.45, 7) is 12.3. The number of aryl methyl sites for hydroxylation is 1. The van der Waals surface area contributed by atoms with Crippen molar-refractivity contribution in [1.29, 1.82) is 0 Å². The second kappa shape index (κ2) is 11.3. The molecule has 0 N–H and O–H groups in total. The molecule has 0 unspecified atom stereocenters. The molecule has 0 saturated carbocycles. The van der Waals surface area contributed by atoms with Crippen LogP contribution >= 0.6 is 0 Å². The van der Waals surface area contributed by atoms with E-state index in [2.05, 4.69) is 62.4 Å². The Morgan fingerprint density at radius 1 is 0.750 bits per heavy atom. The van der Waals surface area contributed by atoms with E-state index >= 15 is 0 Å². The Bertz CT molecular complexity index is 441. The highest BCUT2D eigenvalue weighted by Crippen LogP contribution is 2.19. The van der Waals surface area contributed by atoms with Gasteiger partial charge in [-0.25, -0.2) is 0 Å². The van der Waals surface area contributed by atoms with Crippen LogP contribution in [0.15, 0.2) is 53.6 Å². The SMILES string of the molecule is CC.CC.CC1=CC=C(/C=C/c2ccc(C)cc2)CC1. The van der Waals surface area contributed by atoms with Gasteiger partial charge < -0.3 is 0 Å². The summed E-state index contributed by atoms with van der Waals surface area (Å²) in [5.41, 5.74) is 5.49. The topological polar surface area (TPSA) is 0 Å². The van der Waals surface area contributed by atoms with Crippen molar-refractivity contribution in [3.63, 3.8) is 0 Å². The average Bonchev–Trinajstić information content (AvgIpc) is 2.52. The van der Waals surface area contributed by atoms with E-state index in [9.17, 15) is 0 Å². The molecular weight excluding hydrogens is 240 g/mol. The van der Waals surface area contributed by atoms with Crippen molar-refractivity contribution in [2.75, 3.05) is 0 Å². The zero-order valence-electron chi connectivity index (χ0n) is 14.0. The summed E-state index contributed by atoms with van der Waals surface area (Å²) in [6, 6.07) is 8.63. The molecule has 0 radical (unpaired) electrons. The lowest BCUT2D eigenvalue weighted by molar-refractivity contribution is 0.928. The molecule has 0 amide bonds. The summed E-state index contributed by atoms with van der Waals surface area (Å²) < 4.78 is 0. The minimum atomic E-state index is 1.17. The van der Waals surface area contributed by atoms with Gasteiger partial charge in [0.05, 0.1) is 0 Å². The molecule has 0 fully saturated rings. The maximum Gasteiger partial charge on any atom is -0.0241 e. The molecule has 1 aromatic carbocycles. The molecule has 20 heavy (non-hydrogen) atoms. The van der Waals surface area contributed by atoms with Gasteiger partial charge in [-0.2, -0.15) is 0 Å². The Kier molecular flexibility index (Phi) is 10.4. The van der Waals surface area contributed by atoms with Gasteiger partial charge in [0.15, 0.2) is 0 Å². The Morgan fingerprint density at radius 3 is 1.85 bits per heavy atom. The first-order valence-corrected chi connectivity index (χ1v) is 7.85. The van der Waals surface area contributed by atoms with Crippen LogP contribution in [0.5, 0.6) is 0 Å². The van der Waals surface area contributed by atoms with E-state index in [1.807, 2.05) is 27.7 Å². The first-order chi connectivity index (χ1) is 9.74. The highest BCUT2D eigenvalue weighted by Gasteiger charge is 1.99. The fraction of sp³-hybridized carbons (Fsp3) is 0.400. The summed E-state index contributed by atoms with van der Waals surface area (Å²) in [4.78, 5) is 0. The van der Waals surface area contributed by atoms with E-state index in [1.54, 1.807) is 0 Å². The molecule has 0 spiro atoms. The van der Waals surface area contributed by atoms with E-state index in [4.69, 9.17) is 0 Å². The van der Waals surface area contributed by atoms with Crippen molar-refractivity contribution >= 4 is 6.08 Å². The predicted octanol–water partition coefficient (Wildman–Crippen LogP) is 6.73. The largest absolute Gasteiger partial charge is 0.0730 e. The van der Waals surface area contributed by atoms with Crippen molar-refractivity contribution in [2.45, 2.75) is 54.4 Å². The van der Waals surface area contributed by atoms with Crippen molar-refractivity contribution in [3.05, 3.63) is 64.8 Å². The fourth-order valence-electron chi connectivity index (χ4n) is 1.78. The molecule has 110 valence electrons. The molecule has 1 aliphatic carbocycles. The number of hydrogen-bond donors (Lipinski definition) is 0. The quantitative estimate of drug-likeness (QED) is 0.559. The van der Waals surface area contributed by atoms with Crippen molar-refractivity contribution in [1.82, 2.24) is 0 Å². The molecular formula is C20H30. The Balaban J connectivity index is 0.000000829. The zero-order chi connectivity index (χ0) is 15.4. The van der Waals surface area contributed by atoms with Gasteiger partial charge >= 0.3 is 0 Å². The first-order valence-electron chi connectivity index (χ1n) is 7.85. The van der Waals surface area contributed by atoms with Crippen LogP contribution in [0.25, 0.3) is 6.08 Å². The molecule has 0 nitrogen and oxygen atoms in total. The van der Waals surface area contributed by atoms with E-state index < -0.39 is 0 Å². The van der Waals surface area contributed by atoms with Crippen LogP contribution in [0.4, 0.5) is 0 Å². The number of hydrogen-bond acceptors (Lipinski definition) is 0. The number of allylic oxidation sites excluding steroid dienone is 5. The minimum Gasteiger partial charge on any atom is -0.0730 e. The van der Waals surface area contributed by atoms with Crippen molar-refractivity contribution in [3.8, 4) is 0 Å². The normalized spacial score (nSPS) is 13.5. The summed E-state index contributed by atoms with van der Waals surface area (Å²) in [7, 11) is 0. The maximum atomic E-state index is 2.23. The third-order valence-electron chi connectivity index (χ3n) is 2.96. The summed E-state index contributed by atoms with van der Waals surface area (Å²) >= 11 is 0. The Hall–Kier alpha value is -1.56. The molecule has 0 heteroatoms. The van der Waals surface area contributed by atoms with Gasteiger partial charge in [-0.3, -0.25) is 0 Å². The maximum absolute atomic E-state index is 2.23. The lowest BCUT2D eigenvalue weighted by Crippen LogP contribution is -1.87. The number of benzene rings is 1. The van der Waals surface area contributed by atoms with Crippen LogP contribution in [0, 0.1) is 6.92 Å². The lowest BCUT2D eigenvalue weighted by Gasteiger charge is -2.07. The summed E-state index contributed by atoms with van der Waals surface area (Å²) in [5, 5.41) is 0. The molecule has 0 heterocycles. The monoisotopic (exact) mass is 270 g/mol. The van der Waals surface area contributed by atoms with Gasteiger partial charge in [0.2, 0.25) is 0 Å². The molecule has 2 rings (SSSR count). The van der Waals surface area contributed by atoms with Gasteiger partial charge in [0.1, 0.15) is 0 Å². The van der Waals surface area contributed by atoms with Crippen LogP contribution < -0.4 is 0 Å². The highest BCUT2D eigenvalue weighted by molar-refractivity contribution is 5.54. The molecule has 0 atom stereocenters. The van der Waals surface area contributed by atoms with Gasteiger partial charge in [0.25, 0.3) is 0 Å². The van der Waals surface area contributed by atoms with Crippen LogP contribution in [-0.2, 0) is 0 Å². The minimum absolute atomic E-state index is 1.17. The molecule has 0 saturated heterocycles. The van der Waals surface area contributed by atoms with Crippen LogP contribution in [-0.4, -0.2) is 0 Å². The van der Waals surface area contributed by atoms with E-state index in [1.165, 1.54) is 35.1 Å². The molecule has 1 aliphatic rings. The first kappa shape index (κ1) is 18.4. The van der Waals surface area contributed by atoms with Crippen molar-refractivity contribution in [2.24, 2.45) is 0 Å². The second-order valence-electron chi connectivity index (χ2n) is 4.50. The van der Waals surface area contributed by atoms with Crippen LogP contribution in [0.1, 0.15) is 58.6 Å². The fourth-order valence-corrected chi connectivity index (χ4v) is 1.78. The molecule has 0 aromatic heterocycles. The standard InChI is InChI=1S/C16H18.2C2H6/c1-13-3-7-15(8-4-13)11-12-16-9-5-14(2)6-10-16;2*1-2/h3-5,7-9,11-12H,6,10H2,1-2H3;2*1-2H3/b12-11+;;. The van der Waals surface area contributed by atoms with E-state index in [0.717, 1.165) is 0 Å². The predicted molar refractivity (Wildman–Crippen MR) is 94.0 cm³/mol. The van der Waals surface area contributed by atoms with Crippen LogP contribution in [0.3, 0.4) is 0 Å². The third-order valence-corrected chi connectivity index (χ3v) is 2.96. The molecule has 1 aromatic rings. The van der Waals surface area contributed by atoms with Gasteiger partial charge in [0, 0.05) is 0 Å². The Labute approximate surface area is 125 Å². The van der Waals surface area contributed by atoms with E-state index in [-0.39, 0.29) is 0 Å². The molecule has 0 bridgehead atoms. The summed E-state index contributed by atoms with van der Waals surface area (Å²) in [6.07, 6.45) is 11.2. The van der Waals surface area contributed by atoms with E-state index in [0.29, 0.717) is 0 Å². The smallest absolute Gasteiger partial charge is 0.0241 e. The van der Waals surface area contributed by atoms with Gasteiger partial charge in [-0.1, -0.05) is 87.4 Å².